The van der Waals surface area contributed by atoms with Crippen LogP contribution in [0.3, 0.4) is 0 Å². The van der Waals surface area contributed by atoms with Crippen LogP contribution in [0, 0.1) is 11.3 Å². The summed E-state index contributed by atoms with van der Waals surface area (Å²) >= 11 is 0. The number of nitriles is 1. The van der Waals surface area contributed by atoms with Crippen LogP contribution in [0.1, 0.15) is 25.3 Å². The average Bonchev–Trinajstić information content (AvgIpc) is 2.93. The summed E-state index contributed by atoms with van der Waals surface area (Å²) in [7, 11) is 0. The zero-order chi connectivity index (χ0) is 14.4. The first kappa shape index (κ1) is 14.1. The fraction of sp³-hybridized carbons (Fsp3) is 0.500. The third-order valence-corrected chi connectivity index (χ3v) is 3.11. The maximum atomic E-state index is 11.8. The Bertz CT molecular complexity index is 512. The molecule has 1 fully saturated rings. The van der Waals surface area contributed by atoms with Gasteiger partial charge in [0.1, 0.15) is 6.10 Å². The molecule has 2 amide bonds. The van der Waals surface area contributed by atoms with E-state index in [0.717, 1.165) is 12.8 Å². The minimum Gasteiger partial charge on any atom is -0.472 e. The molecule has 0 aliphatic carbocycles. The molecule has 0 spiro atoms. The lowest BCUT2D eigenvalue weighted by Crippen LogP contribution is -2.39. The lowest BCUT2D eigenvalue weighted by Gasteiger charge is -2.17. The molecule has 106 valence electrons. The Labute approximate surface area is 118 Å². The minimum atomic E-state index is -0.0659. The van der Waals surface area contributed by atoms with E-state index in [4.69, 9.17) is 10.00 Å². The third-order valence-electron chi connectivity index (χ3n) is 3.11. The minimum absolute atomic E-state index is 0.0447. The molecule has 6 heteroatoms. The van der Waals surface area contributed by atoms with Crippen molar-refractivity contribution < 1.29 is 9.53 Å². The number of nitrogens with zero attached hydrogens (tertiary/aromatic N) is 3. The third kappa shape index (κ3) is 3.60. The maximum absolute atomic E-state index is 11.8. The Kier molecular flexibility index (Phi) is 4.77. The molecule has 1 N–H and O–H groups in total. The number of carbonyl (C=O) groups excluding carboxylic acids is 1. The van der Waals surface area contributed by atoms with Crippen LogP contribution in [0.15, 0.2) is 18.3 Å². The van der Waals surface area contributed by atoms with E-state index >= 15 is 0 Å². The molecule has 20 heavy (non-hydrogen) atoms. The Hall–Kier alpha value is -2.29. The molecular weight excluding hydrogens is 256 g/mol. The highest BCUT2D eigenvalue weighted by Crippen LogP contribution is 2.17. The number of aromatic nitrogens is 1. The van der Waals surface area contributed by atoms with Crippen molar-refractivity contribution in [1.29, 1.82) is 5.26 Å². The first-order valence-electron chi connectivity index (χ1n) is 6.78. The van der Waals surface area contributed by atoms with Crippen molar-refractivity contribution >= 4 is 6.03 Å². The van der Waals surface area contributed by atoms with E-state index in [1.165, 1.54) is 0 Å². The second-order valence-electron chi connectivity index (χ2n) is 4.70. The van der Waals surface area contributed by atoms with Gasteiger partial charge in [-0.05, 0) is 12.5 Å². The number of pyridine rings is 1. The SMILES string of the molecule is CCCNC(=O)N1CCC(Oc2cc(C#N)ccn2)C1. The van der Waals surface area contributed by atoms with Crippen molar-refractivity contribution in [3.8, 4) is 11.9 Å². The standard InChI is InChI=1S/C14H18N4O2/c1-2-5-17-14(19)18-7-4-12(10-18)20-13-8-11(9-15)3-6-16-13/h3,6,8,12H,2,4-5,7,10H2,1H3,(H,17,19). The zero-order valence-electron chi connectivity index (χ0n) is 11.5. The van der Waals surface area contributed by atoms with Gasteiger partial charge in [0.15, 0.2) is 0 Å². The molecule has 2 heterocycles. The van der Waals surface area contributed by atoms with Crippen LogP contribution in [-0.4, -0.2) is 41.7 Å². The van der Waals surface area contributed by atoms with Gasteiger partial charge in [0.25, 0.3) is 0 Å². The highest BCUT2D eigenvalue weighted by Gasteiger charge is 2.27. The second kappa shape index (κ2) is 6.75. The molecule has 0 radical (unpaired) electrons. The highest BCUT2D eigenvalue weighted by molar-refractivity contribution is 5.74. The van der Waals surface area contributed by atoms with E-state index in [0.29, 0.717) is 31.1 Å². The Morgan fingerprint density at radius 3 is 3.30 bits per heavy atom. The highest BCUT2D eigenvalue weighted by atomic mass is 16.5. The Morgan fingerprint density at radius 2 is 2.55 bits per heavy atom. The smallest absolute Gasteiger partial charge is 0.317 e. The van der Waals surface area contributed by atoms with Gasteiger partial charge >= 0.3 is 6.03 Å². The summed E-state index contributed by atoms with van der Waals surface area (Å²) in [6, 6.07) is 5.25. The van der Waals surface area contributed by atoms with Crippen LogP contribution in [0.25, 0.3) is 0 Å². The first-order chi connectivity index (χ1) is 9.72. The van der Waals surface area contributed by atoms with Crippen molar-refractivity contribution in [1.82, 2.24) is 15.2 Å². The van der Waals surface area contributed by atoms with Gasteiger partial charge in [0.2, 0.25) is 5.88 Å². The normalized spacial score (nSPS) is 17.6. The van der Waals surface area contributed by atoms with Gasteiger partial charge in [-0.15, -0.1) is 0 Å². The maximum Gasteiger partial charge on any atom is 0.317 e. The molecule has 1 unspecified atom stereocenters. The van der Waals surface area contributed by atoms with E-state index in [2.05, 4.69) is 10.3 Å². The summed E-state index contributed by atoms with van der Waals surface area (Å²) < 4.78 is 5.72. The largest absolute Gasteiger partial charge is 0.472 e. The molecule has 1 aliphatic heterocycles. The van der Waals surface area contributed by atoms with Gasteiger partial charge in [0, 0.05) is 31.8 Å². The van der Waals surface area contributed by atoms with Gasteiger partial charge in [0.05, 0.1) is 18.2 Å². The van der Waals surface area contributed by atoms with Gasteiger partial charge in [-0.2, -0.15) is 5.26 Å². The lowest BCUT2D eigenvalue weighted by molar-refractivity contribution is 0.183. The molecule has 0 bridgehead atoms. The molecule has 1 aromatic rings. The summed E-state index contributed by atoms with van der Waals surface area (Å²) in [6.07, 6.45) is 3.18. The van der Waals surface area contributed by atoms with Crippen molar-refractivity contribution in [2.75, 3.05) is 19.6 Å². The molecule has 0 aromatic carbocycles. The van der Waals surface area contributed by atoms with E-state index < -0.39 is 0 Å². The van der Waals surface area contributed by atoms with E-state index in [1.54, 1.807) is 23.2 Å². The van der Waals surface area contributed by atoms with Crippen LogP contribution in [0.5, 0.6) is 5.88 Å². The van der Waals surface area contributed by atoms with Crippen molar-refractivity contribution in [3.05, 3.63) is 23.9 Å². The number of carbonyl (C=O) groups is 1. The molecule has 1 saturated heterocycles. The number of ether oxygens (including phenoxy) is 1. The van der Waals surface area contributed by atoms with Crippen LogP contribution in [0.4, 0.5) is 4.79 Å². The number of urea groups is 1. The summed E-state index contributed by atoms with van der Waals surface area (Å²) in [5, 5.41) is 11.7. The van der Waals surface area contributed by atoms with Crippen LogP contribution < -0.4 is 10.1 Å². The lowest BCUT2D eigenvalue weighted by atomic mass is 10.3. The van der Waals surface area contributed by atoms with Crippen LogP contribution in [-0.2, 0) is 0 Å². The van der Waals surface area contributed by atoms with E-state index in [9.17, 15) is 4.79 Å². The summed E-state index contributed by atoms with van der Waals surface area (Å²) in [4.78, 5) is 17.6. The number of amides is 2. The number of nitrogens with one attached hydrogen (secondary N) is 1. The molecular formula is C14H18N4O2. The summed E-state index contributed by atoms with van der Waals surface area (Å²) in [5.41, 5.74) is 0.519. The van der Waals surface area contributed by atoms with Crippen LogP contribution >= 0.6 is 0 Å². The molecule has 1 aliphatic rings. The molecule has 1 aromatic heterocycles. The van der Waals surface area contributed by atoms with Crippen molar-refractivity contribution in [2.24, 2.45) is 0 Å². The predicted octanol–water partition coefficient (Wildman–Crippen LogP) is 1.53. The Balaban J connectivity index is 1.87. The first-order valence-corrected chi connectivity index (χ1v) is 6.78. The molecule has 1 atom stereocenters. The van der Waals surface area contributed by atoms with Gasteiger partial charge < -0.3 is 15.0 Å². The number of rotatable bonds is 4. The molecule has 6 nitrogen and oxygen atoms in total. The number of hydrogen-bond acceptors (Lipinski definition) is 4. The summed E-state index contributed by atoms with van der Waals surface area (Å²) in [6.45, 7) is 3.93. The predicted molar refractivity (Wildman–Crippen MR) is 73.2 cm³/mol. The zero-order valence-corrected chi connectivity index (χ0v) is 11.5. The number of hydrogen-bond donors (Lipinski definition) is 1. The van der Waals surface area contributed by atoms with Gasteiger partial charge in [-0.25, -0.2) is 9.78 Å². The van der Waals surface area contributed by atoms with Crippen molar-refractivity contribution in [2.45, 2.75) is 25.9 Å². The van der Waals surface area contributed by atoms with Crippen molar-refractivity contribution in [3.63, 3.8) is 0 Å². The quantitative estimate of drug-likeness (QED) is 0.903. The second-order valence-corrected chi connectivity index (χ2v) is 4.70. The van der Waals surface area contributed by atoms with E-state index in [1.807, 2.05) is 13.0 Å². The fourth-order valence-corrected chi connectivity index (χ4v) is 2.07. The topological polar surface area (TPSA) is 78.3 Å². The monoisotopic (exact) mass is 274 g/mol. The fourth-order valence-electron chi connectivity index (χ4n) is 2.07. The van der Waals surface area contributed by atoms with E-state index in [-0.39, 0.29) is 12.1 Å². The molecule has 2 rings (SSSR count). The van der Waals surface area contributed by atoms with Gasteiger partial charge in [-0.1, -0.05) is 6.92 Å². The van der Waals surface area contributed by atoms with Crippen LogP contribution in [0.2, 0.25) is 0 Å². The number of likely N-dealkylation sites (tertiary alicyclic amines) is 1. The summed E-state index contributed by atoms with van der Waals surface area (Å²) in [5.74, 6) is 0.435. The van der Waals surface area contributed by atoms with Gasteiger partial charge in [-0.3, -0.25) is 0 Å². The average molecular weight is 274 g/mol. The molecule has 0 saturated carbocycles. The Morgan fingerprint density at radius 1 is 1.70 bits per heavy atom.